The molecule has 2 N–H and O–H groups in total. The summed E-state index contributed by atoms with van der Waals surface area (Å²) in [7, 11) is 0. The fourth-order valence-electron chi connectivity index (χ4n) is 5.60. The minimum Gasteiger partial charge on any atom is -0.488 e. The van der Waals surface area contributed by atoms with Crippen LogP contribution in [0.5, 0.6) is 5.75 Å². The molecular weight excluding hydrogens is 609 g/mol. The van der Waals surface area contributed by atoms with Crippen LogP contribution in [0.3, 0.4) is 0 Å². The third kappa shape index (κ3) is 6.17. The Labute approximate surface area is 257 Å². The molecule has 3 heterocycles. The molecule has 3 aliphatic rings. The summed E-state index contributed by atoms with van der Waals surface area (Å²) in [6, 6.07) is 9.62. The number of nitrogens with one attached hydrogen (secondary N) is 2. The lowest BCUT2D eigenvalue weighted by molar-refractivity contribution is -0.128. The molecule has 6 rings (SSSR count). The maximum absolute atomic E-state index is 14.3. The summed E-state index contributed by atoms with van der Waals surface area (Å²) < 4.78 is 39.2. The molecule has 2 aromatic carbocycles. The Hall–Kier alpha value is -2.69. The summed E-state index contributed by atoms with van der Waals surface area (Å²) in [6.45, 7) is 1.82. The first-order valence-electron chi connectivity index (χ1n) is 14.0. The van der Waals surface area contributed by atoms with Gasteiger partial charge in [0.1, 0.15) is 0 Å². The van der Waals surface area contributed by atoms with Crippen LogP contribution in [0.1, 0.15) is 42.7 Å². The second-order valence-corrected chi connectivity index (χ2v) is 12.0. The largest absolute Gasteiger partial charge is 0.488 e. The molecule has 3 aromatic rings. The van der Waals surface area contributed by atoms with Gasteiger partial charge in [0.2, 0.25) is 0 Å². The molecule has 42 heavy (non-hydrogen) atoms. The number of ether oxygens (including phenoxy) is 1. The summed E-state index contributed by atoms with van der Waals surface area (Å²) in [5.41, 5.74) is 2.97. The van der Waals surface area contributed by atoms with Gasteiger partial charge in [-0.1, -0.05) is 52.1 Å². The zero-order chi connectivity index (χ0) is 29.4. The number of fused-ring (bicyclic) bond motifs is 2. The van der Waals surface area contributed by atoms with Crippen molar-refractivity contribution in [2.75, 3.05) is 19.7 Å². The number of hydrogen-bond donors (Lipinski definition) is 2. The Bertz CT molecular complexity index is 1530. The minimum atomic E-state index is -0.923. The van der Waals surface area contributed by atoms with E-state index in [1.165, 1.54) is 0 Å². The lowest BCUT2D eigenvalue weighted by Crippen LogP contribution is -2.59. The number of benzene rings is 2. The summed E-state index contributed by atoms with van der Waals surface area (Å²) in [6.07, 6.45) is 3.37. The molecule has 1 amide bonds. The molecule has 2 bridgehead atoms. The van der Waals surface area contributed by atoms with Crippen LogP contribution in [-0.2, 0) is 17.8 Å². The number of nitrogens with zero attached hydrogens (tertiary/aromatic N) is 2. The van der Waals surface area contributed by atoms with Crippen molar-refractivity contribution in [3.63, 3.8) is 0 Å². The van der Waals surface area contributed by atoms with E-state index < -0.39 is 17.4 Å². The zero-order valence-corrected chi connectivity index (χ0v) is 24.8. The van der Waals surface area contributed by atoms with Gasteiger partial charge in [-0.15, -0.1) is 0 Å². The van der Waals surface area contributed by atoms with Gasteiger partial charge in [-0.25, -0.2) is 8.78 Å². The molecule has 1 aliphatic carbocycles. The van der Waals surface area contributed by atoms with Gasteiger partial charge in [0.25, 0.3) is 5.91 Å². The summed E-state index contributed by atoms with van der Waals surface area (Å²) in [5, 5.41) is 12.0. The number of piperazine rings is 1. The molecule has 1 saturated heterocycles. The van der Waals surface area contributed by atoms with E-state index in [0.29, 0.717) is 59.4 Å². The van der Waals surface area contributed by atoms with Crippen LogP contribution in [0.25, 0.3) is 5.57 Å². The second kappa shape index (κ2) is 12.5. The standard InChI is InChI=1S/C30H29Cl3F2N4O3/c31-21-5-1-3-16(27(21)33)15-39(19-6-7-19)30(40)26-20(11-18-13-36-14-24(26)37-18)25-12-17(38-42-25)4-2-10-41-29-23(34)9-8-22(32)28(29)35/h1,3,5,8-9,12,18-19,24,36-37H,2,4,6-7,10-11,13-15H2/t18?,24-/m1/s1. The van der Waals surface area contributed by atoms with Crippen molar-refractivity contribution in [2.45, 2.75) is 56.8 Å². The van der Waals surface area contributed by atoms with Crippen LogP contribution >= 0.6 is 34.8 Å². The molecule has 0 radical (unpaired) electrons. The van der Waals surface area contributed by atoms with Crippen LogP contribution in [0.15, 0.2) is 46.5 Å². The predicted molar refractivity (Wildman–Crippen MR) is 157 cm³/mol. The molecule has 7 nitrogen and oxygen atoms in total. The lowest BCUT2D eigenvalue weighted by atomic mass is 9.85. The average molecular weight is 638 g/mol. The SMILES string of the molecule is O=C(C1=C(c2cc(CCCOc3c(F)ccc(Cl)c3F)no2)CC2CNC[C@H]1N2)N(Cc1cccc(Cl)c1Cl)C1CC1. The van der Waals surface area contributed by atoms with E-state index in [4.69, 9.17) is 44.1 Å². The Morgan fingerprint density at radius 1 is 1.12 bits per heavy atom. The fourth-order valence-corrected chi connectivity index (χ4v) is 6.13. The van der Waals surface area contributed by atoms with Gasteiger partial charge in [-0.3, -0.25) is 4.79 Å². The minimum absolute atomic E-state index is 0.0554. The lowest BCUT2D eigenvalue weighted by Gasteiger charge is -2.40. The van der Waals surface area contributed by atoms with E-state index in [0.717, 1.165) is 42.7 Å². The highest BCUT2D eigenvalue weighted by molar-refractivity contribution is 6.42. The number of carbonyl (C=O) groups is 1. The number of hydrogen-bond acceptors (Lipinski definition) is 6. The van der Waals surface area contributed by atoms with Crippen LogP contribution in [0.4, 0.5) is 8.78 Å². The highest BCUT2D eigenvalue weighted by Gasteiger charge is 2.42. The van der Waals surface area contributed by atoms with E-state index in [2.05, 4.69) is 15.8 Å². The van der Waals surface area contributed by atoms with E-state index >= 15 is 0 Å². The molecule has 222 valence electrons. The molecule has 1 unspecified atom stereocenters. The third-order valence-corrected chi connectivity index (χ3v) is 8.98. The topological polar surface area (TPSA) is 79.6 Å². The van der Waals surface area contributed by atoms with Crippen molar-refractivity contribution in [3.8, 4) is 5.75 Å². The molecule has 2 atom stereocenters. The van der Waals surface area contributed by atoms with Crippen molar-refractivity contribution in [1.29, 1.82) is 0 Å². The Morgan fingerprint density at radius 3 is 2.76 bits per heavy atom. The van der Waals surface area contributed by atoms with Gasteiger partial charge in [0.05, 0.1) is 33.4 Å². The summed E-state index contributed by atoms with van der Waals surface area (Å²) in [4.78, 5) is 16.2. The molecule has 2 aliphatic heterocycles. The van der Waals surface area contributed by atoms with Gasteiger partial charge in [0, 0.05) is 48.9 Å². The maximum Gasteiger partial charge on any atom is 0.252 e. The van der Waals surface area contributed by atoms with Crippen LogP contribution in [0, 0.1) is 11.6 Å². The molecular formula is C30H29Cl3F2N4O3. The number of carbonyl (C=O) groups excluding carboxylic acids is 1. The summed E-state index contributed by atoms with van der Waals surface area (Å²) >= 11 is 18.5. The van der Waals surface area contributed by atoms with Crippen molar-refractivity contribution in [3.05, 3.63) is 85.7 Å². The van der Waals surface area contributed by atoms with Crippen LogP contribution < -0.4 is 15.4 Å². The first-order chi connectivity index (χ1) is 20.3. The number of rotatable bonds is 10. The zero-order valence-electron chi connectivity index (χ0n) is 22.6. The van der Waals surface area contributed by atoms with Gasteiger partial charge in [0.15, 0.2) is 23.1 Å². The normalized spacial score (nSPS) is 20.1. The smallest absolute Gasteiger partial charge is 0.252 e. The second-order valence-electron chi connectivity index (χ2n) is 10.9. The van der Waals surface area contributed by atoms with Gasteiger partial charge < -0.3 is 24.8 Å². The number of aromatic nitrogens is 1. The monoisotopic (exact) mass is 636 g/mol. The first kappa shape index (κ1) is 29.4. The molecule has 0 spiro atoms. The maximum atomic E-state index is 14.3. The number of amides is 1. The van der Waals surface area contributed by atoms with E-state index in [1.807, 2.05) is 23.1 Å². The highest BCUT2D eigenvalue weighted by atomic mass is 35.5. The quantitative estimate of drug-likeness (QED) is 0.204. The number of aryl methyl sites for hydroxylation is 1. The van der Waals surface area contributed by atoms with Crippen molar-refractivity contribution in [1.82, 2.24) is 20.7 Å². The Balaban J connectivity index is 1.21. The van der Waals surface area contributed by atoms with Crippen LogP contribution in [0.2, 0.25) is 15.1 Å². The van der Waals surface area contributed by atoms with Gasteiger partial charge in [-0.2, -0.15) is 0 Å². The van der Waals surface area contributed by atoms with E-state index in [1.54, 1.807) is 6.07 Å². The van der Waals surface area contributed by atoms with E-state index in [-0.39, 0.29) is 35.7 Å². The Morgan fingerprint density at radius 2 is 1.95 bits per heavy atom. The van der Waals surface area contributed by atoms with Crippen molar-refractivity contribution >= 4 is 46.3 Å². The predicted octanol–water partition coefficient (Wildman–Crippen LogP) is 6.20. The van der Waals surface area contributed by atoms with Crippen molar-refractivity contribution < 1.29 is 22.8 Å². The summed E-state index contributed by atoms with van der Waals surface area (Å²) in [5.74, 6) is -1.73. The molecule has 1 aromatic heterocycles. The molecule has 12 heteroatoms. The van der Waals surface area contributed by atoms with Gasteiger partial charge >= 0.3 is 0 Å². The molecule has 1 saturated carbocycles. The first-order valence-corrected chi connectivity index (χ1v) is 15.1. The van der Waals surface area contributed by atoms with E-state index in [9.17, 15) is 13.6 Å². The molecule has 2 fully saturated rings. The van der Waals surface area contributed by atoms with Crippen LogP contribution in [-0.4, -0.2) is 53.8 Å². The Kier molecular flexibility index (Phi) is 8.75. The fraction of sp³-hybridized carbons (Fsp3) is 0.400. The third-order valence-electron chi connectivity index (χ3n) is 7.83. The van der Waals surface area contributed by atoms with Crippen molar-refractivity contribution in [2.24, 2.45) is 0 Å². The highest BCUT2D eigenvalue weighted by Crippen LogP contribution is 2.38. The van der Waals surface area contributed by atoms with Gasteiger partial charge in [-0.05, 0) is 55.9 Å². The number of halogens is 5. The average Bonchev–Trinajstić information content (AvgIpc) is 3.71.